The zero-order valence-corrected chi connectivity index (χ0v) is 29.5. The Hall–Kier alpha value is -5.33. The predicted molar refractivity (Wildman–Crippen MR) is 190 cm³/mol. The second-order valence-corrected chi connectivity index (χ2v) is 14.8. The fourth-order valence-electron chi connectivity index (χ4n) is 7.05. The Kier molecular flexibility index (Phi) is 10.3. The highest BCUT2D eigenvalue weighted by Crippen LogP contribution is 2.45. The molecule has 52 heavy (non-hydrogen) atoms. The third kappa shape index (κ3) is 7.93. The number of carboxylic acids is 1. The number of halogens is 1. The van der Waals surface area contributed by atoms with Crippen molar-refractivity contribution in [1.29, 1.82) is 0 Å². The maximum Gasteiger partial charge on any atom is 0.408 e. The van der Waals surface area contributed by atoms with Gasteiger partial charge in [-0.15, -0.1) is 0 Å². The number of fused-ring (bicyclic) bond motifs is 2. The van der Waals surface area contributed by atoms with Crippen molar-refractivity contribution in [1.82, 2.24) is 25.3 Å². The molecular formula is C39H44FN5O7. The Morgan fingerprint density at radius 3 is 2.44 bits per heavy atom. The van der Waals surface area contributed by atoms with Gasteiger partial charge >= 0.3 is 12.1 Å². The number of allylic oxidation sites excluding steroid dienone is 1. The van der Waals surface area contributed by atoms with E-state index in [1.54, 1.807) is 26.8 Å². The van der Waals surface area contributed by atoms with Crippen LogP contribution in [0.2, 0.25) is 0 Å². The molecule has 2 fully saturated rings. The number of nitrogens with one attached hydrogen (secondary N) is 2. The van der Waals surface area contributed by atoms with Crippen LogP contribution < -0.4 is 16.2 Å². The first-order chi connectivity index (χ1) is 24.8. The molecule has 12 nitrogen and oxygen atoms in total. The van der Waals surface area contributed by atoms with E-state index in [-0.39, 0.29) is 31.4 Å². The van der Waals surface area contributed by atoms with E-state index >= 15 is 0 Å². The number of hydrogen-bond donors (Lipinski definition) is 3. The summed E-state index contributed by atoms with van der Waals surface area (Å²) in [5.74, 6) is -3.27. The molecule has 3 aromatic rings. The van der Waals surface area contributed by atoms with Gasteiger partial charge in [-0.25, -0.2) is 18.7 Å². The van der Waals surface area contributed by atoms with Gasteiger partial charge in [-0.1, -0.05) is 67.5 Å². The van der Waals surface area contributed by atoms with Crippen LogP contribution in [-0.4, -0.2) is 73.4 Å². The van der Waals surface area contributed by atoms with Crippen LogP contribution in [0.5, 0.6) is 0 Å². The van der Waals surface area contributed by atoms with E-state index in [2.05, 4.69) is 10.6 Å². The maximum atomic E-state index is 14.5. The molecule has 3 amide bonds. The van der Waals surface area contributed by atoms with Crippen LogP contribution in [0, 0.1) is 11.7 Å². The van der Waals surface area contributed by atoms with Crippen LogP contribution >= 0.6 is 0 Å². The molecule has 6 rings (SSSR count). The number of carbonyl (C=O) groups is 4. The topological polar surface area (TPSA) is 160 Å². The van der Waals surface area contributed by atoms with Gasteiger partial charge in [0.1, 0.15) is 29.0 Å². The summed E-state index contributed by atoms with van der Waals surface area (Å²) in [5.41, 5.74) is -1.00. The van der Waals surface area contributed by atoms with E-state index < -0.39 is 70.4 Å². The van der Waals surface area contributed by atoms with Gasteiger partial charge in [0.25, 0.3) is 5.56 Å². The summed E-state index contributed by atoms with van der Waals surface area (Å²) in [6, 6.07) is 13.3. The second-order valence-electron chi connectivity index (χ2n) is 14.8. The summed E-state index contributed by atoms with van der Waals surface area (Å²) in [6.07, 6.45) is 6.24. The Morgan fingerprint density at radius 1 is 1.02 bits per heavy atom. The van der Waals surface area contributed by atoms with Crippen molar-refractivity contribution in [2.24, 2.45) is 5.92 Å². The van der Waals surface area contributed by atoms with E-state index in [0.29, 0.717) is 29.7 Å². The van der Waals surface area contributed by atoms with E-state index in [0.717, 1.165) is 12.8 Å². The number of carbonyl (C=O) groups excluding carboxylic acids is 3. The van der Waals surface area contributed by atoms with Crippen molar-refractivity contribution in [2.75, 3.05) is 6.54 Å². The summed E-state index contributed by atoms with van der Waals surface area (Å²) < 4.78 is 20.6. The average Bonchev–Trinajstić information content (AvgIpc) is 3.61. The van der Waals surface area contributed by atoms with Crippen LogP contribution in [-0.2, 0) is 19.1 Å². The Labute approximate surface area is 301 Å². The molecule has 0 radical (unpaired) electrons. The molecule has 0 unspecified atom stereocenters. The molecule has 2 aliphatic heterocycles. The van der Waals surface area contributed by atoms with Crippen LogP contribution in [0.3, 0.4) is 0 Å². The van der Waals surface area contributed by atoms with Gasteiger partial charge in [0.2, 0.25) is 11.8 Å². The average molecular weight is 714 g/mol. The normalized spacial score (nSPS) is 25.2. The Balaban J connectivity index is 1.42. The minimum absolute atomic E-state index is 0.0546. The molecule has 2 aromatic carbocycles. The number of amides is 3. The number of aromatic nitrogens is 2. The summed E-state index contributed by atoms with van der Waals surface area (Å²) in [6.45, 7) is 5.01. The number of benzene rings is 2. The van der Waals surface area contributed by atoms with Crippen LogP contribution in [0.15, 0.2) is 77.6 Å². The number of alkyl carbamates (subject to hydrolysis) is 1. The lowest BCUT2D eigenvalue weighted by Gasteiger charge is -2.30. The quantitative estimate of drug-likeness (QED) is 0.303. The molecule has 5 atom stereocenters. The molecule has 0 spiro atoms. The van der Waals surface area contributed by atoms with E-state index in [4.69, 9.17) is 9.84 Å². The standard InChI is InChI=1S/C39H44FN5O7/c1-38(2,3)52-37(51)41-30-15-11-6-4-5-10-14-26-22-39(26,36(49)50)42-33(46)32-20-28(23-44(32)35(30)48)45-34(47)29(24-16-18-27(40)19-17-24)21-31(43-45)25-12-8-7-9-13-25/h7-10,12-14,16-19,21,26,28,30,32H,4-6,11,15,20,22-23H2,1-3H3,(H,41,51)(H,42,46)(H,49,50)/t26-,28+,30+,32+,39-/m1/s1. The lowest BCUT2D eigenvalue weighted by atomic mass is 10.0. The first-order valence-electron chi connectivity index (χ1n) is 17.7. The van der Waals surface area contributed by atoms with Gasteiger partial charge in [0, 0.05) is 24.4 Å². The van der Waals surface area contributed by atoms with E-state index in [1.807, 2.05) is 42.5 Å². The molecule has 0 bridgehead atoms. The fourth-order valence-corrected chi connectivity index (χ4v) is 7.05. The third-order valence-corrected chi connectivity index (χ3v) is 9.83. The lowest BCUT2D eigenvalue weighted by Crippen LogP contribution is -2.56. The van der Waals surface area contributed by atoms with Gasteiger partial charge in [-0.2, -0.15) is 5.10 Å². The number of rotatable bonds is 5. The summed E-state index contributed by atoms with van der Waals surface area (Å²) >= 11 is 0. The highest BCUT2D eigenvalue weighted by molar-refractivity contribution is 5.96. The molecule has 1 aromatic heterocycles. The number of aliphatic carboxylic acids is 1. The SMILES string of the molecule is CC(C)(C)OC(=O)N[C@H]1CCCCCC=C[C@@H]2C[C@@]2(C(=O)O)NC(=O)[C@@H]2C[C@H](n3nc(-c4ccccc4)cc(-c4ccc(F)cc4)c3=O)CN2C1=O. The van der Waals surface area contributed by atoms with Crippen LogP contribution in [0.25, 0.3) is 22.4 Å². The molecule has 1 saturated carbocycles. The van der Waals surface area contributed by atoms with Gasteiger partial charge in [-0.05, 0) is 70.2 Å². The molecule has 274 valence electrons. The monoisotopic (exact) mass is 713 g/mol. The summed E-state index contributed by atoms with van der Waals surface area (Å²) in [5, 5.41) is 20.4. The van der Waals surface area contributed by atoms with Crippen molar-refractivity contribution in [3.8, 4) is 22.4 Å². The number of carboxylic acid groups (broad SMARTS) is 1. The van der Waals surface area contributed by atoms with Crippen molar-refractivity contribution < 1.29 is 33.4 Å². The minimum atomic E-state index is -1.52. The third-order valence-electron chi connectivity index (χ3n) is 9.83. The summed E-state index contributed by atoms with van der Waals surface area (Å²) in [4.78, 5) is 69.7. The minimum Gasteiger partial charge on any atom is -0.479 e. The van der Waals surface area contributed by atoms with Crippen molar-refractivity contribution in [2.45, 2.75) is 95.0 Å². The van der Waals surface area contributed by atoms with E-state index in [1.165, 1.54) is 33.8 Å². The second kappa shape index (κ2) is 14.7. The highest BCUT2D eigenvalue weighted by Gasteiger charge is 2.61. The molecule has 1 aliphatic carbocycles. The zero-order chi connectivity index (χ0) is 37.2. The maximum absolute atomic E-state index is 14.5. The predicted octanol–water partition coefficient (Wildman–Crippen LogP) is 5.23. The molecular weight excluding hydrogens is 669 g/mol. The van der Waals surface area contributed by atoms with Crippen molar-refractivity contribution >= 4 is 23.9 Å². The number of hydrogen-bond acceptors (Lipinski definition) is 7. The molecule has 3 heterocycles. The van der Waals surface area contributed by atoms with Crippen molar-refractivity contribution in [3.05, 3.63) is 89.0 Å². The van der Waals surface area contributed by atoms with Gasteiger partial charge in [-0.3, -0.25) is 14.4 Å². The smallest absolute Gasteiger partial charge is 0.408 e. The lowest BCUT2D eigenvalue weighted by molar-refractivity contribution is -0.145. The first-order valence-corrected chi connectivity index (χ1v) is 17.7. The molecule has 13 heteroatoms. The first kappa shape index (κ1) is 36.5. The fraction of sp³-hybridized carbons (Fsp3) is 0.436. The van der Waals surface area contributed by atoms with Gasteiger partial charge < -0.3 is 25.4 Å². The number of ether oxygens (including phenoxy) is 1. The van der Waals surface area contributed by atoms with E-state index in [9.17, 15) is 33.5 Å². The summed E-state index contributed by atoms with van der Waals surface area (Å²) in [7, 11) is 0. The highest BCUT2D eigenvalue weighted by atomic mass is 19.1. The van der Waals surface area contributed by atoms with Crippen LogP contribution in [0.1, 0.15) is 71.8 Å². The molecule has 1 saturated heterocycles. The number of nitrogens with zero attached hydrogens (tertiary/aromatic N) is 3. The Morgan fingerprint density at radius 2 is 1.75 bits per heavy atom. The zero-order valence-electron chi connectivity index (χ0n) is 29.5. The molecule has 3 aliphatic rings. The van der Waals surface area contributed by atoms with Gasteiger partial charge in [0.15, 0.2) is 0 Å². The largest absolute Gasteiger partial charge is 0.479 e. The Bertz CT molecular complexity index is 1920. The van der Waals surface area contributed by atoms with Crippen LogP contribution in [0.4, 0.5) is 9.18 Å². The molecule has 3 N–H and O–H groups in total. The van der Waals surface area contributed by atoms with Crippen molar-refractivity contribution in [3.63, 3.8) is 0 Å². The van der Waals surface area contributed by atoms with Gasteiger partial charge in [0.05, 0.1) is 17.3 Å².